The number of carbonyl (C=O) groups excluding carboxylic acids is 1. The van der Waals surface area contributed by atoms with E-state index in [1.54, 1.807) is 6.92 Å². The quantitative estimate of drug-likeness (QED) is 0.464. The molecule has 2 atom stereocenters. The fraction of sp³-hybridized carbons (Fsp3) is 0.385. The van der Waals surface area contributed by atoms with Crippen molar-refractivity contribution >= 4 is 11.9 Å². The Morgan fingerprint density at radius 2 is 1.95 bits per heavy atom. The van der Waals surface area contributed by atoms with Gasteiger partial charge in [-0.1, -0.05) is 13.0 Å². The van der Waals surface area contributed by atoms with Crippen LogP contribution in [0.25, 0.3) is 0 Å². The van der Waals surface area contributed by atoms with Crippen LogP contribution in [0.3, 0.4) is 0 Å². The molecule has 0 radical (unpaired) electrons. The van der Waals surface area contributed by atoms with Gasteiger partial charge in [-0.2, -0.15) is 0 Å². The molecule has 0 aliphatic carbocycles. The molecule has 1 amide bonds. The molecule has 0 saturated heterocycles. The van der Waals surface area contributed by atoms with E-state index in [9.17, 15) is 19.8 Å². The van der Waals surface area contributed by atoms with E-state index in [1.165, 1.54) is 18.2 Å². The summed E-state index contributed by atoms with van der Waals surface area (Å²) in [6.45, 7) is 1.72. The van der Waals surface area contributed by atoms with Crippen molar-refractivity contribution in [1.29, 1.82) is 0 Å². The minimum atomic E-state index is -1.20. The second-order valence-electron chi connectivity index (χ2n) is 4.44. The maximum absolute atomic E-state index is 11.6. The molecule has 0 bridgehead atoms. The number of amides is 1. The number of carbonyl (C=O) groups is 2. The van der Waals surface area contributed by atoms with E-state index in [-0.39, 0.29) is 17.9 Å². The lowest BCUT2D eigenvalue weighted by atomic mass is 10.0. The summed E-state index contributed by atoms with van der Waals surface area (Å²) in [5, 5.41) is 30.0. The van der Waals surface area contributed by atoms with Gasteiger partial charge >= 0.3 is 5.97 Å². The minimum absolute atomic E-state index is 0.0225. The SMILES string of the molecule is CCC(N)C(=O)N[C@@H](Cc1ccc(O)c(O)c1)C(=O)O. The van der Waals surface area contributed by atoms with Gasteiger partial charge in [-0.15, -0.1) is 0 Å². The van der Waals surface area contributed by atoms with Gasteiger partial charge in [0.15, 0.2) is 11.5 Å². The number of carboxylic acids is 1. The highest BCUT2D eigenvalue weighted by Gasteiger charge is 2.23. The highest BCUT2D eigenvalue weighted by atomic mass is 16.4. The van der Waals surface area contributed by atoms with E-state index in [2.05, 4.69) is 5.32 Å². The van der Waals surface area contributed by atoms with Gasteiger partial charge in [-0.25, -0.2) is 4.79 Å². The Morgan fingerprint density at radius 3 is 2.45 bits per heavy atom. The third kappa shape index (κ3) is 4.13. The zero-order valence-corrected chi connectivity index (χ0v) is 11.0. The normalized spacial score (nSPS) is 13.5. The Labute approximate surface area is 116 Å². The number of nitrogens with two attached hydrogens (primary N) is 1. The predicted octanol–water partition coefficient (Wildman–Crippen LogP) is -0.0530. The van der Waals surface area contributed by atoms with Crippen LogP contribution in [0, 0.1) is 0 Å². The van der Waals surface area contributed by atoms with Gasteiger partial charge in [-0.3, -0.25) is 4.79 Å². The molecule has 0 aromatic heterocycles. The lowest BCUT2D eigenvalue weighted by Crippen LogP contribution is -2.49. The minimum Gasteiger partial charge on any atom is -0.504 e. The first-order chi connectivity index (χ1) is 9.35. The largest absolute Gasteiger partial charge is 0.504 e. The average molecular weight is 282 g/mol. The molecule has 0 spiro atoms. The Balaban J connectivity index is 2.79. The van der Waals surface area contributed by atoms with Crippen LogP contribution in [-0.4, -0.2) is 39.3 Å². The van der Waals surface area contributed by atoms with E-state index >= 15 is 0 Å². The zero-order valence-electron chi connectivity index (χ0n) is 11.0. The molecule has 1 rings (SSSR count). The van der Waals surface area contributed by atoms with Gasteiger partial charge < -0.3 is 26.4 Å². The van der Waals surface area contributed by atoms with Gasteiger partial charge in [-0.05, 0) is 24.1 Å². The highest BCUT2D eigenvalue weighted by Crippen LogP contribution is 2.25. The van der Waals surface area contributed by atoms with Gasteiger partial charge in [0, 0.05) is 6.42 Å². The van der Waals surface area contributed by atoms with Crippen LogP contribution in [-0.2, 0) is 16.0 Å². The van der Waals surface area contributed by atoms with Crippen LogP contribution in [0.2, 0.25) is 0 Å². The number of aromatic hydroxyl groups is 2. The Bertz CT molecular complexity index is 504. The fourth-order valence-electron chi connectivity index (χ4n) is 1.60. The standard InChI is InChI=1S/C13H18N2O5/c1-2-8(14)12(18)15-9(13(19)20)5-7-3-4-10(16)11(17)6-7/h3-4,6,8-9,16-17H,2,5,14H2,1H3,(H,15,18)(H,19,20)/t8?,9-/m0/s1. The second-order valence-corrected chi connectivity index (χ2v) is 4.44. The van der Waals surface area contributed by atoms with E-state index < -0.39 is 24.0 Å². The third-order valence-corrected chi connectivity index (χ3v) is 2.87. The van der Waals surface area contributed by atoms with E-state index in [1.807, 2.05) is 0 Å². The van der Waals surface area contributed by atoms with Crippen molar-refractivity contribution in [3.63, 3.8) is 0 Å². The van der Waals surface area contributed by atoms with E-state index in [4.69, 9.17) is 10.8 Å². The molecule has 0 fully saturated rings. The molecule has 6 N–H and O–H groups in total. The van der Waals surface area contributed by atoms with E-state index in [0.29, 0.717) is 12.0 Å². The van der Waals surface area contributed by atoms with Crippen molar-refractivity contribution in [2.24, 2.45) is 5.73 Å². The number of hydrogen-bond donors (Lipinski definition) is 5. The summed E-state index contributed by atoms with van der Waals surface area (Å²) in [5.74, 6) is -2.38. The maximum Gasteiger partial charge on any atom is 0.326 e. The number of nitrogens with one attached hydrogen (secondary N) is 1. The summed E-state index contributed by atoms with van der Waals surface area (Å²) in [6, 6.07) is 2.06. The molecule has 1 aromatic rings. The van der Waals surface area contributed by atoms with Gasteiger partial charge in [0.25, 0.3) is 0 Å². The van der Waals surface area contributed by atoms with Crippen LogP contribution >= 0.6 is 0 Å². The van der Waals surface area contributed by atoms with Crippen LogP contribution in [0.15, 0.2) is 18.2 Å². The summed E-state index contributed by atoms with van der Waals surface area (Å²) in [4.78, 5) is 22.7. The van der Waals surface area contributed by atoms with Gasteiger partial charge in [0.05, 0.1) is 6.04 Å². The van der Waals surface area contributed by atoms with Crippen molar-refractivity contribution in [1.82, 2.24) is 5.32 Å². The van der Waals surface area contributed by atoms with Crippen LogP contribution in [0.4, 0.5) is 0 Å². The molecule has 0 saturated carbocycles. The Kier molecular flexibility index (Phi) is 5.33. The van der Waals surface area contributed by atoms with Gasteiger partial charge in [0.1, 0.15) is 6.04 Å². The van der Waals surface area contributed by atoms with Crippen molar-refractivity contribution in [2.45, 2.75) is 31.8 Å². The van der Waals surface area contributed by atoms with Crippen LogP contribution in [0.1, 0.15) is 18.9 Å². The number of hydrogen-bond acceptors (Lipinski definition) is 5. The summed E-state index contributed by atoms with van der Waals surface area (Å²) in [7, 11) is 0. The number of rotatable bonds is 6. The molecule has 0 aliphatic rings. The molecular formula is C13H18N2O5. The molecule has 7 heteroatoms. The summed E-state index contributed by atoms with van der Waals surface area (Å²) >= 11 is 0. The lowest BCUT2D eigenvalue weighted by Gasteiger charge is -2.17. The first-order valence-corrected chi connectivity index (χ1v) is 6.14. The Morgan fingerprint density at radius 1 is 1.30 bits per heavy atom. The number of phenols is 2. The fourth-order valence-corrected chi connectivity index (χ4v) is 1.60. The summed E-state index contributed by atoms with van der Waals surface area (Å²) < 4.78 is 0. The van der Waals surface area contributed by atoms with Crippen molar-refractivity contribution in [2.75, 3.05) is 0 Å². The lowest BCUT2D eigenvalue weighted by molar-refractivity contribution is -0.142. The topological polar surface area (TPSA) is 133 Å². The summed E-state index contributed by atoms with van der Waals surface area (Å²) in [6.07, 6.45) is 0.378. The molecular weight excluding hydrogens is 264 g/mol. The first-order valence-electron chi connectivity index (χ1n) is 6.14. The number of carboxylic acid groups (broad SMARTS) is 1. The highest BCUT2D eigenvalue weighted by molar-refractivity contribution is 5.86. The number of aliphatic carboxylic acids is 1. The second kappa shape index (κ2) is 6.76. The average Bonchev–Trinajstić information content (AvgIpc) is 2.40. The summed E-state index contributed by atoms with van der Waals surface area (Å²) in [5.41, 5.74) is 5.99. The third-order valence-electron chi connectivity index (χ3n) is 2.87. The van der Waals surface area contributed by atoms with Crippen molar-refractivity contribution < 1.29 is 24.9 Å². The van der Waals surface area contributed by atoms with E-state index in [0.717, 1.165) is 0 Å². The van der Waals surface area contributed by atoms with Crippen LogP contribution < -0.4 is 11.1 Å². The first kappa shape index (κ1) is 15.8. The number of phenolic OH excluding ortho intramolecular Hbond substituents is 2. The monoisotopic (exact) mass is 282 g/mol. The molecule has 1 aromatic carbocycles. The molecule has 0 heterocycles. The van der Waals surface area contributed by atoms with Crippen molar-refractivity contribution in [3.05, 3.63) is 23.8 Å². The molecule has 1 unspecified atom stereocenters. The zero-order chi connectivity index (χ0) is 15.3. The van der Waals surface area contributed by atoms with Crippen molar-refractivity contribution in [3.8, 4) is 11.5 Å². The maximum atomic E-state index is 11.6. The Hall–Kier alpha value is -2.28. The van der Waals surface area contributed by atoms with Crippen LogP contribution in [0.5, 0.6) is 11.5 Å². The molecule has 20 heavy (non-hydrogen) atoms. The predicted molar refractivity (Wildman–Crippen MR) is 71.3 cm³/mol. The smallest absolute Gasteiger partial charge is 0.326 e. The molecule has 7 nitrogen and oxygen atoms in total. The molecule has 0 aliphatic heterocycles. The number of benzene rings is 1. The molecule has 110 valence electrons. The van der Waals surface area contributed by atoms with Gasteiger partial charge in [0.2, 0.25) is 5.91 Å².